The molecular formula is C28H33N7O4. The van der Waals surface area contributed by atoms with Crippen LogP contribution in [0, 0.1) is 6.92 Å². The number of Topliss-reactive ketones (excluding diaryl/α,β-unsaturated/α-hetero) is 1. The zero-order chi connectivity index (χ0) is 28.7. The Labute approximate surface area is 227 Å². The topological polar surface area (TPSA) is 129 Å². The third-order valence-electron chi connectivity index (χ3n) is 5.53. The molecule has 11 heteroatoms. The standard InChI is InChI=1S/C28H33N7O4/c1-17-15-29-28(33-25(17)31-21-11-9-8-10-20(21)24(36)27(38)35(5)6)32-22-14-19(12-13-23(22)39-7)30-26(37)18(2)16-34(3)4/h8-15H,2,16H2,1,3-7H3,(H,30,37)(H2,29,31,32,33). The van der Waals surface area contributed by atoms with E-state index < -0.39 is 11.7 Å². The maximum Gasteiger partial charge on any atom is 0.294 e. The Hall–Kier alpha value is -4.77. The van der Waals surface area contributed by atoms with Crippen molar-refractivity contribution in [3.63, 3.8) is 0 Å². The molecule has 11 nitrogen and oxygen atoms in total. The molecule has 3 aromatic rings. The summed E-state index contributed by atoms with van der Waals surface area (Å²) in [6.45, 7) is 6.09. The number of amides is 2. The number of hydrogen-bond donors (Lipinski definition) is 3. The SMILES string of the molecule is C=C(CN(C)C)C(=O)Nc1ccc(OC)c(Nc2ncc(C)c(Nc3ccccc3C(=O)C(=O)N(C)C)n2)c1. The first-order valence-corrected chi connectivity index (χ1v) is 12.0. The van der Waals surface area contributed by atoms with Gasteiger partial charge in [0, 0.05) is 43.7 Å². The van der Waals surface area contributed by atoms with Crippen LogP contribution in [0.5, 0.6) is 5.75 Å². The first kappa shape index (κ1) is 28.8. The number of ether oxygens (including phenoxy) is 1. The van der Waals surface area contributed by atoms with Crippen LogP contribution in [0.3, 0.4) is 0 Å². The minimum absolute atomic E-state index is 0.227. The highest BCUT2D eigenvalue weighted by Crippen LogP contribution is 2.31. The zero-order valence-electron chi connectivity index (χ0n) is 23.0. The first-order chi connectivity index (χ1) is 18.5. The van der Waals surface area contributed by atoms with E-state index in [0.29, 0.717) is 46.3 Å². The van der Waals surface area contributed by atoms with E-state index in [1.807, 2.05) is 25.9 Å². The molecule has 0 fully saturated rings. The van der Waals surface area contributed by atoms with Crippen molar-refractivity contribution in [3.8, 4) is 5.75 Å². The maximum absolute atomic E-state index is 12.7. The number of aryl methyl sites for hydroxylation is 1. The molecule has 1 aromatic heterocycles. The minimum atomic E-state index is -0.634. The summed E-state index contributed by atoms with van der Waals surface area (Å²) < 4.78 is 5.47. The normalized spacial score (nSPS) is 10.5. The lowest BCUT2D eigenvalue weighted by Crippen LogP contribution is -2.30. The molecule has 0 atom stereocenters. The molecule has 3 N–H and O–H groups in total. The fourth-order valence-electron chi connectivity index (χ4n) is 3.54. The van der Waals surface area contributed by atoms with Gasteiger partial charge in [0.15, 0.2) is 0 Å². The van der Waals surface area contributed by atoms with Gasteiger partial charge in [0.05, 0.1) is 24.0 Å². The van der Waals surface area contributed by atoms with E-state index >= 15 is 0 Å². The Morgan fingerprint density at radius 3 is 2.38 bits per heavy atom. The zero-order valence-corrected chi connectivity index (χ0v) is 23.0. The number of carbonyl (C=O) groups is 3. The lowest BCUT2D eigenvalue weighted by molar-refractivity contribution is -0.124. The van der Waals surface area contributed by atoms with Gasteiger partial charge in [-0.3, -0.25) is 14.4 Å². The van der Waals surface area contributed by atoms with E-state index in [1.54, 1.807) is 48.7 Å². The van der Waals surface area contributed by atoms with Crippen molar-refractivity contribution in [1.82, 2.24) is 19.8 Å². The highest BCUT2D eigenvalue weighted by atomic mass is 16.5. The van der Waals surface area contributed by atoms with Crippen molar-refractivity contribution in [2.75, 3.05) is 57.8 Å². The smallest absolute Gasteiger partial charge is 0.294 e. The molecule has 0 bridgehead atoms. The van der Waals surface area contributed by atoms with Gasteiger partial charge in [-0.2, -0.15) is 4.98 Å². The summed E-state index contributed by atoms with van der Waals surface area (Å²) in [4.78, 5) is 49.5. The molecule has 0 saturated carbocycles. The number of hydrogen-bond acceptors (Lipinski definition) is 9. The Morgan fingerprint density at radius 1 is 1.00 bits per heavy atom. The number of para-hydroxylation sites is 1. The van der Waals surface area contributed by atoms with Crippen LogP contribution in [0.25, 0.3) is 0 Å². The van der Waals surface area contributed by atoms with Gasteiger partial charge in [-0.05, 0) is 51.4 Å². The Morgan fingerprint density at radius 2 is 1.72 bits per heavy atom. The van der Waals surface area contributed by atoms with Crippen LogP contribution in [0.15, 0.2) is 60.8 Å². The quantitative estimate of drug-likeness (QED) is 0.193. The number of nitrogens with one attached hydrogen (secondary N) is 3. The van der Waals surface area contributed by atoms with Crippen molar-refractivity contribution in [1.29, 1.82) is 0 Å². The lowest BCUT2D eigenvalue weighted by Gasteiger charge is -2.16. The fraction of sp³-hybridized carbons (Fsp3) is 0.250. The van der Waals surface area contributed by atoms with E-state index in [4.69, 9.17) is 4.74 Å². The highest BCUT2D eigenvalue weighted by Gasteiger charge is 2.21. The Kier molecular flexibility index (Phi) is 9.34. The van der Waals surface area contributed by atoms with Crippen molar-refractivity contribution in [2.24, 2.45) is 0 Å². The molecular weight excluding hydrogens is 498 g/mol. The van der Waals surface area contributed by atoms with Crippen molar-refractivity contribution in [3.05, 3.63) is 71.9 Å². The second kappa shape index (κ2) is 12.7. The number of carbonyl (C=O) groups excluding carboxylic acids is 3. The van der Waals surface area contributed by atoms with Gasteiger partial charge in [0.2, 0.25) is 5.95 Å². The summed E-state index contributed by atoms with van der Waals surface area (Å²) in [5.41, 5.74) is 2.86. The van der Waals surface area contributed by atoms with Crippen molar-refractivity contribution in [2.45, 2.75) is 6.92 Å². The monoisotopic (exact) mass is 531 g/mol. The molecule has 0 aliphatic heterocycles. The average Bonchev–Trinajstić information content (AvgIpc) is 2.89. The third kappa shape index (κ3) is 7.39. The van der Waals surface area contributed by atoms with Crippen LogP contribution in [0.4, 0.5) is 28.8 Å². The predicted octanol–water partition coefficient (Wildman–Crippen LogP) is 3.61. The van der Waals surface area contributed by atoms with Crippen LogP contribution >= 0.6 is 0 Å². The predicted molar refractivity (Wildman–Crippen MR) is 152 cm³/mol. The largest absolute Gasteiger partial charge is 0.495 e. The van der Waals surface area contributed by atoms with Crippen LogP contribution < -0.4 is 20.7 Å². The number of anilines is 5. The van der Waals surface area contributed by atoms with Gasteiger partial charge < -0.3 is 30.5 Å². The van der Waals surface area contributed by atoms with Crippen LogP contribution in [-0.2, 0) is 9.59 Å². The minimum Gasteiger partial charge on any atom is -0.495 e. The third-order valence-corrected chi connectivity index (χ3v) is 5.53. The number of aromatic nitrogens is 2. The Balaban J connectivity index is 1.86. The summed E-state index contributed by atoms with van der Waals surface area (Å²) in [7, 11) is 8.30. The van der Waals surface area contributed by atoms with Gasteiger partial charge in [-0.15, -0.1) is 0 Å². The lowest BCUT2D eigenvalue weighted by atomic mass is 10.1. The Bertz CT molecular complexity index is 1400. The summed E-state index contributed by atoms with van der Waals surface area (Å²) in [6, 6.07) is 11.9. The number of rotatable bonds is 11. The van der Waals surface area contributed by atoms with Gasteiger partial charge in [0.1, 0.15) is 11.6 Å². The molecule has 2 amide bonds. The summed E-state index contributed by atoms with van der Waals surface area (Å²) in [5, 5.41) is 9.11. The molecule has 39 heavy (non-hydrogen) atoms. The molecule has 204 valence electrons. The second-order valence-electron chi connectivity index (χ2n) is 9.26. The second-order valence-corrected chi connectivity index (χ2v) is 9.26. The van der Waals surface area contributed by atoms with Crippen LogP contribution in [-0.4, -0.2) is 79.2 Å². The molecule has 0 radical (unpaired) electrons. The fourth-order valence-corrected chi connectivity index (χ4v) is 3.54. The molecule has 0 aliphatic rings. The van der Waals surface area contributed by atoms with Gasteiger partial charge >= 0.3 is 0 Å². The van der Waals surface area contributed by atoms with Gasteiger partial charge in [-0.25, -0.2) is 4.98 Å². The summed E-state index contributed by atoms with van der Waals surface area (Å²) in [5.74, 6) is -0.361. The number of likely N-dealkylation sites (N-methyl/N-ethyl adjacent to an activating group) is 2. The summed E-state index contributed by atoms with van der Waals surface area (Å²) in [6.07, 6.45) is 1.62. The number of methoxy groups -OCH3 is 1. The number of ketones is 1. The maximum atomic E-state index is 12.7. The number of nitrogens with zero attached hydrogens (tertiary/aromatic N) is 4. The molecule has 0 spiro atoms. The van der Waals surface area contributed by atoms with E-state index in [2.05, 4.69) is 32.5 Å². The van der Waals surface area contributed by atoms with Crippen molar-refractivity contribution >= 4 is 46.4 Å². The summed E-state index contributed by atoms with van der Waals surface area (Å²) >= 11 is 0. The average molecular weight is 532 g/mol. The van der Waals surface area contributed by atoms with E-state index in [-0.39, 0.29) is 17.4 Å². The van der Waals surface area contributed by atoms with Crippen LogP contribution in [0.1, 0.15) is 15.9 Å². The molecule has 1 heterocycles. The molecule has 0 aliphatic carbocycles. The van der Waals surface area contributed by atoms with Crippen molar-refractivity contribution < 1.29 is 19.1 Å². The van der Waals surface area contributed by atoms with E-state index in [0.717, 1.165) is 0 Å². The molecule has 2 aromatic carbocycles. The first-order valence-electron chi connectivity index (χ1n) is 12.0. The van der Waals surface area contributed by atoms with Gasteiger partial charge in [0.25, 0.3) is 17.6 Å². The van der Waals surface area contributed by atoms with Crippen LogP contribution in [0.2, 0.25) is 0 Å². The van der Waals surface area contributed by atoms with Gasteiger partial charge in [-0.1, -0.05) is 18.7 Å². The molecule has 0 saturated heterocycles. The molecule has 3 rings (SSSR count). The van der Waals surface area contributed by atoms with E-state index in [1.165, 1.54) is 26.1 Å². The molecule has 0 unspecified atom stereocenters. The number of benzene rings is 2. The van der Waals surface area contributed by atoms with E-state index in [9.17, 15) is 14.4 Å². The highest BCUT2D eigenvalue weighted by molar-refractivity contribution is 6.43.